The van der Waals surface area contributed by atoms with E-state index >= 15 is 0 Å². The van der Waals surface area contributed by atoms with E-state index < -0.39 is 34.0 Å². The molecular weight excluding hydrogens is 659 g/mol. The molecule has 1 N–H and O–H groups in total. The van der Waals surface area contributed by atoms with Crippen molar-refractivity contribution >= 4 is 45.1 Å². The Hall–Kier alpha value is -3.39. The van der Waals surface area contributed by atoms with E-state index in [4.69, 9.17) is 46.9 Å². The highest BCUT2D eigenvalue weighted by Crippen LogP contribution is 2.40. The maximum Gasteiger partial charge on any atom is 0.328 e. The molecule has 3 aromatic carbocycles. The molecule has 0 spiro atoms. The van der Waals surface area contributed by atoms with Crippen molar-refractivity contribution in [2.24, 2.45) is 0 Å². The number of carbonyl (C=O) groups excluding carboxylic acids is 2. The van der Waals surface area contributed by atoms with Gasteiger partial charge in [-0.05, 0) is 53.4 Å². The molecule has 0 saturated carbocycles. The summed E-state index contributed by atoms with van der Waals surface area (Å²) in [7, 11) is 1.92. The minimum absolute atomic E-state index is 0.105. The Morgan fingerprint density at radius 3 is 2.07 bits per heavy atom. The van der Waals surface area contributed by atoms with Gasteiger partial charge in [-0.3, -0.25) is 4.79 Å². The Kier molecular flexibility index (Phi) is 12.3. The van der Waals surface area contributed by atoms with E-state index in [9.17, 15) is 18.0 Å². The van der Waals surface area contributed by atoms with Crippen molar-refractivity contribution in [1.82, 2.24) is 9.62 Å². The van der Waals surface area contributed by atoms with Crippen LogP contribution in [0.3, 0.4) is 0 Å². The summed E-state index contributed by atoms with van der Waals surface area (Å²) in [6.45, 7) is 1.42. The van der Waals surface area contributed by atoms with Gasteiger partial charge in [0.2, 0.25) is 15.9 Å². The monoisotopic (exact) mass is 694 g/mol. The third kappa shape index (κ3) is 8.30. The Balaban J connectivity index is 1.49. The quantitative estimate of drug-likeness (QED) is 0.181. The standard InChI is InChI=1S/C32H36Cl2N2O9S/c1-41-11-12-45-19-21-14-28(42-2)30(29(15-21)43-3)22-7-5-20(6-8-22)13-26(32(38)44-4)35-31(37)27-9-10-36(27)46(39,40)25-17-23(33)16-24(34)18-25/h5-8,14-18,26-27H,9-13,19H2,1-4H3,(H,35,37)/t26-,27-/m0/s1. The molecule has 0 unspecified atom stereocenters. The highest BCUT2D eigenvalue weighted by atomic mass is 35.5. The van der Waals surface area contributed by atoms with Gasteiger partial charge >= 0.3 is 5.97 Å². The number of rotatable bonds is 15. The first-order valence-electron chi connectivity index (χ1n) is 14.3. The Morgan fingerprint density at radius 2 is 1.54 bits per heavy atom. The number of sulfonamides is 1. The molecule has 0 bridgehead atoms. The molecular formula is C32H36Cl2N2O9S. The zero-order valence-electron chi connectivity index (χ0n) is 25.9. The number of nitrogens with zero attached hydrogens (tertiary/aromatic N) is 1. The van der Waals surface area contributed by atoms with E-state index in [0.29, 0.717) is 31.3 Å². The van der Waals surface area contributed by atoms with Crippen LogP contribution in [0.1, 0.15) is 17.5 Å². The molecule has 3 aromatic rings. The van der Waals surface area contributed by atoms with Gasteiger partial charge in [-0.2, -0.15) is 4.31 Å². The van der Waals surface area contributed by atoms with Gasteiger partial charge in [-0.15, -0.1) is 0 Å². The predicted molar refractivity (Wildman–Crippen MR) is 173 cm³/mol. The zero-order chi connectivity index (χ0) is 33.4. The SMILES string of the molecule is COCCOCc1cc(OC)c(-c2ccc(C[C@H](NC(=O)[C@@H]3CCN3S(=O)(=O)c3cc(Cl)cc(Cl)c3)C(=O)OC)cc2)c(OC)c1. The van der Waals surface area contributed by atoms with Gasteiger partial charge in [-0.1, -0.05) is 47.5 Å². The van der Waals surface area contributed by atoms with Gasteiger partial charge in [0.1, 0.15) is 23.6 Å². The van der Waals surface area contributed by atoms with Crippen LogP contribution in [0.15, 0.2) is 59.5 Å². The summed E-state index contributed by atoms with van der Waals surface area (Å²) in [5.41, 5.74) is 3.14. The first-order valence-corrected chi connectivity index (χ1v) is 16.5. The summed E-state index contributed by atoms with van der Waals surface area (Å²) < 4.78 is 54.5. The second-order valence-electron chi connectivity index (χ2n) is 10.4. The summed E-state index contributed by atoms with van der Waals surface area (Å²) in [5.74, 6) is -0.0930. The Bertz CT molecular complexity index is 1610. The van der Waals surface area contributed by atoms with Crippen molar-refractivity contribution in [1.29, 1.82) is 0 Å². The maximum atomic E-state index is 13.3. The molecule has 2 atom stereocenters. The van der Waals surface area contributed by atoms with Crippen LogP contribution in [0.4, 0.5) is 0 Å². The number of amides is 1. The molecule has 0 aromatic heterocycles. The van der Waals surface area contributed by atoms with Gasteiger partial charge < -0.3 is 29.0 Å². The molecule has 1 amide bonds. The number of halogens is 2. The number of ether oxygens (including phenoxy) is 5. The third-order valence-corrected chi connectivity index (χ3v) is 9.79. The normalized spacial score (nSPS) is 15.5. The predicted octanol–water partition coefficient (Wildman–Crippen LogP) is 4.50. The van der Waals surface area contributed by atoms with E-state index in [1.165, 1.54) is 25.3 Å². The van der Waals surface area contributed by atoms with Gasteiger partial charge in [-0.25, -0.2) is 13.2 Å². The maximum absolute atomic E-state index is 13.3. The summed E-state index contributed by atoms with van der Waals surface area (Å²) >= 11 is 12.0. The number of benzene rings is 3. The lowest BCUT2D eigenvalue weighted by Crippen LogP contribution is -2.60. The first kappa shape index (κ1) is 35.5. The fourth-order valence-electron chi connectivity index (χ4n) is 5.04. The van der Waals surface area contributed by atoms with Gasteiger partial charge in [0, 0.05) is 30.1 Å². The number of methoxy groups -OCH3 is 4. The molecule has 46 heavy (non-hydrogen) atoms. The zero-order valence-corrected chi connectivity index (χ0v) is 28.2. The van der Waals surface area contributed by atoms with E-state index in [1.54, 1.807) is 21.3 Å². The van der Waals surface area contributed by atoms with E-state index in [-0.39, 0.29) is 34.3 Å². The lowest BCUT2D eigenvalue weighted by atomic mass is 9.97. The van der Waals surface area contributed by atoms with Crippen LogP contribution in [-0.2, 0) is 46.9 Å². The molecule has 1 aliphatic heterocycles. The fourth-order valence-corrected chi connectivity index (χ4v) is 7.40. The van der Waals surface area contributed by atoms with E-state index in [0.717, 1.165) is 26.6 Å². The van der Waals surface area contributed by atoms with Crippen LogP contribution in [0.25, 0.3) is 11.1 Å². The smallest absolute Gasteiger partial charge is 0.328 e. The average Bonchev–Trinajstić information content (AvgIpc) is 3.01. The molecule has 1 saturated heterocycles. The van der Waals surface area contributed by atoms with E-state index in [1.807, 2.05) is 36.4 Å². The van der Waals surface area contributed by atoms with Crippen LogP contribution in [0.2, 0.25) is 10.0 Å². The van der Waals surface area contributed by atoms with Crippen molar-refractivity contribution in [3.63, 3.8) is 0 Å². The molecule has 0 aliphatic carbocycles. The minimum atomic E-state index is -4.06. The van der Waals surface area contributed by atoms with Crippen LogP contribution < -0.4 is 14.8 Å². The van der Waals surface area contributed by atoms with Gasteiger partial charge in [0.25, 0.3) is 0 Å². The highest BCUT2D eigenvalue weighted by molar-refractivity contribution is 7.89. The van der Waals surface area contributed by atoms with Gasteiger partial charge in [0.15, 0.2) is 0 Å². The minimum Gasteiger partial charge on any atom is -0.496 e. The van der Waals surface area contributed by atoms with Crippen molar-refractivity contribution in [3.8, 4) is 22.6 Å². The number of nitrogens with one attached hydrogen (secondary N) is 1. The molecule has 4 rings (SSSR count). The lowest BCUT2D eigenvalue weighted by Gasteiger charge is -2.38. The average molecular weight is 696 g/mol. The van der Waals surface area contributed by atoms with Crippen LogP contribution in [-0.4, -0.2) is 84.9 Å². The summed E-state index contributed by atoms with van der Waals surface area (Å²) in [4.78, 5) is 25.8. The first-order chi connectivity index (χ1) is 22.0. The Labute approximate surface area is 278 Å². The van der Waals surface area contributed by atoms with Crippen LogP contribution in [0, 0.1) is 0 Å². The topological polar surface area (TPSA) is 130 Å². The lowest BCUT2D eigenvalue weighted by molar-refractivity contribution is -0.146. The van der Waals surface area contributed by atoms with E-state index in [2.05, 4.69) is 5.32 Å². The molecule has 14 heteroatoms. The van der Waals surface area contributed by atoms with Crippen LogP contribution in [0.5, 0.6) is 11.5 Å². The molecule has 0 radical (unpaired) electrons. The second kappa shape index (κ2) is 15.9. The molecule has 11 nitrogen and oxygen atoms in total. The van der Waals surface area contributed by atoms with Gasteiger partial charge in [0.05, 0.1) is 51.6 Å². The summed E-state index contributed by atoms with van der Waals surface area (Å²) in [5, 5.41) is 2.99. The molecule has 1 heterocycles. The summed E-state index contributed by atoms with van der Waals surface area (Å²) in [6.07, 6.45) is 0.387. The van der Waals surface area contributed by atoms with Crippen molar-refractivity contribution in [2.45, 2.75) is 36.4 Å². The largest absolute Gasteiger partial charge is 0.496 e. The highest BCUT2D eigenvalue weighted by Gasteiger charge is 2.44. The molecule has 248 valence electrons. The fraction of sp³-hybridized carbons (Fsp3) is 0.375. The van der Waals surface area contributed by atoms with Crippen molar-refractivity contribution in [3.05, 3.63) is 75.8 Å². The summed E-state index contributed by atoms with van der Waals surface area (Å²) in [6, 6.07) is 13.0. The van der Waals surface area contributed by atoms with Crippen molar-refractivity contribution < 1.29 is 41.7 Å². The number of carbonyl (C=O) groups is 2. The number of esters is 1. The number of hydrogen-bond donors (Lipinski definition) is 1. The number of hydrogen-bond acceptors (Lipinski definition) is 9. The third-order valence-electron chi connectivity index (χ3n) is 7.47. The van der Waals surface area contributed by atoms with Crippen LogP contribution >= 0.6 is 23.2 Å². The second-order valence-corrected chi connectivity index (χ2v) is 13.2. The molecule has 1 fully saturated rings. The Morgan fingerprint density at radius 1 is 0.913 bits per heavy atom. The van der Waals surface area contributed by atoms with Crippen molar-refractivity contribution in [2.75, 3.05) is 48.2 Å². The molecule has 1 aliphatic rings.